The number of carbonyl (C=O) groups excluding carboxylic acids is 2. The number of aliphatic hydroxyl groups is 1. The molecule has 0 aliphatic heterocycles. The number of fused-ring (bicyclic) bond motifs is 1. The van der Waals surface area contributed by atoms with Crippen LogP contribution in [0.4, 0.5) is 0 Å². The van der Waals surface area contributed by atoms with Gasteiger partial charge >= 0.3 is 5.97 Å². The highest BCUT2D eigenvalue weighted by Crippen LogP contribution is 2.19. The molecule has 0 saturated carbocycles. The van der Waals surface area contributed by atoms with E-state index in [4.69, 9.17) is 10.8 Å². The lowest BCUT2D eigenvalue weighted by Crippen LogP contribution is -2.56. The number of H-pyrrole nitrogens is 1. The fraction of sp³-hybridized carbons (Fsp3) is 0.261. The van der Waals surface area contributed by atoms with Crippen LogP contribution in [0.3, 0.4) is 0 Å². The summed E-state index contributed by atoms with van der Waals surface area (Å²) in [6, 6.07) is 13.3. The van der Waals surface area contributed by atoms with Crippen molar-refractivity contribution < 1.29 is 24.6 Å². The van der Waals surface area contributed by atoms with Crippen molar-refractivity contribution in [2.24, 2.45) is 5.73 Å². The summed E-state index contributed by atoms with van der Waals surface area (Å²) in [6.07, 6.45) is 2.13. The number of carboxylic acids is 1. The number of hydrogen-bond donors (Lipinski definition) is 6. The molecule has 0 radical (unpaired) electrons. The molecule has 0 unspecified atom stereocenters. The highest BCUT2D eigenvalue weighted by atomic mass is 16.4. The topological polar surface area (TPSA) is 158 Å². The Morgan fingerprint density at radius 3 is 2.25 bits per heavy atom. The van der Waals surface area contributed by atoms with E-state index in [9.17, 15) is 19.5 Å². The first-order valence-corrected chi connectivity index (χ1v) is 10.2. The molecule has 32 heavy (non-hydrogen) atoms. The second-order valence-corrected chi connectivity index (χ2v) is 7.50. The number of hydrogen-bond acceptors (Lipinski definition) is 5. The molecule has 1 heterocycles. The van der Waals surface area contributed by atoms with Crippen LogP contribution in [0, 0.1) is 0 Å². The highest BCUT2D eigenvalue weighted by molar-refractivity contribution is 5.93. The molecule has 7 N–H and O–H groups in total. The Hall–Kier alpha value is -3.69. The average molecular weight is 438 g/mol. The van der Waals surface area contributed by atoms with Gasteiger partial charge in [0.2, 0.25) is 11.8 Å². The van der Waals surface area contributed by atoms with Gasteiger partial charge in [-0.3, -0.25) is 9.59 Å². The standard InChI is InChI=1S/C23H26N4O5/c24-17(10-14-6-2-1-3-7-14)21(29)26-19(22(30)27-20(13-28)23(31)32)11-15-12-25-18-9-5-4-8-16(15)18/h1-9,12,17,19-20,25,28H,10-11,13,24H2,(H,26,29)(H,27,30)(H,31,32)/t17-,19-,20-/m0/s1. The van der Waals surface area contributed by atoms with Gasteiger partial charge in [-0.05, 0) is 23.6 Å². The predicted octanol–water partition coefficient (Wildman–Crippen LogP) is 0.327. The van der Waals surface area contributed by atoms with Crippen LogP contribution in [0.1, 0.15) is 11.1 Å². The summed E-state index contributed by atoms with van der Waals surface area (Å²) >= 11 is 0. The van der Waals surface area contributed by atoms with E-state index >= 15 is 0 Å². The molecule has 3 rings (SSSR count). The van der Waals surface area contributed by atoms with Crippen molar-refractivity contribution in [3.63, 3.8) is 0 Å². The number of nitrogens with two attached hydrogens (primary N) is 1. The van der Waals surface area contributed by atoms with Gasteiger partial charge in [-0.2, -0.15) is 0 Å². The van der Waals surface area contributed by atoms with E-state index in [2.05, 4.69) is 15.6 Å². The molecule has 2 amide bonds. The molecular formula is C23H26N4O5. The summed E-state index contributed by atoms with van der Waals surface area (Å²) in [5, 5.41) is 24.2. The average Bonchev–Trinajstić information content (AvgIpc) is 3.20. The van der Waals surface area contributed by atoms with E-state index in [0.717, 1.165) is 22.0 Å². The van der Waals surface area contributed by atoms with Crippen molar-refractivity contribution in [1.29, 1.82) is 0 Å². The lowest BCUT2D eigenvalue weighted by Gasteiger charge is -2.22. The molecule has 0 bridgehead atoms. The number of aliphatic carboxylic acids is 1. The van der Waals surface area contributed by atoms with Crippen LogP contribution < -0.4 is 16.4 Å². The summed E-state index contributed by atoms with van der Waals surface area (Å²) < 4.78 is 0. The Balaban J connectivity index is 1.78. The van der Waals surface area contributed by atoms with Gasteiger partial charge in [0, 0.05) is 23.5 Å². The number of amides is 2. The van der Waals surface area contributed by atoms with Crippen LogP contribution in [-0.4, -0.2) is 57.7 Å². The Bertz CT molecular complexity index is 1080. The zero-order chi connectivity index (χ0) is 23.1. The third kappa shape index (κ3) is 5.71. The lowest BCUT2D eigenvalue weighted by molar-refractivity contribution is -0.143. The summed E-state index contributed by atoms with van der Waals surface area (Å²) in [5.74, 6) is -2.64. The normalized spacial score (nSPS) is 13.8. The van der Waals surface area contributed by atoms with Gasteiger partial charge < -0.3 is 31.6 Å². The molecule has 9 heteroatoms. The van der Waals surface area contributed by atoms with Crippen LogP contribution in [0.15, 0.2) is 60.8 Å². The largest absolute Gasteiger partial charge is 0.480 e. The maximum Gasteiger partial charge on any atom is 0.328 e. The fourth-order valence-electron chi connectivity index (χ4n) is 3.43. The fourth-order valence-corrected chi connectivity index (χ4v) is 3.43. The van der Waals surface area contributed by atoms with Crippen LogP contribution >= 0.6 is 0 Å². The first-order chi connectivity index (χ1) is 15.4. The number of benzene rings is 2. The minimum absolute atomic E-state index is 0.109. The number of nitrogens with one attached hydrogen (secondary N) is 3. The molecule has 9 nitrogen and oxygen atoms in total. The van der Waals surface area contributed by atoms with Crippen molar-refractivity contribution in [2.75, 3.05) is 6.61 Å². The lowest BCUT2D eigenvalue weighted by atomic mass is 10.0. The molecular weight excluding hydrogens is 412 g/mol. The van der Waals surface area contributed by atoms with Crippen LogP contribution in [-0.2, 0) is 27.2 Å². The highest BCUT2D eigenvalue weighted by Gasteiger charge is 2.28. The zero-order valence-electron chi connectivity index (χ0n) is 17.3. The molecule has 0 fully saturated rings. The Morgan fingerprint density at radius 2 is 1.56 bits per heavy atom. The van der Waals surface area contributed by atoms with E-state index in [1.54, 1.807) is 6.20 Å². The third-order valence-electron chi connectivity index (χ3n) is 5.16. The number of aliphatic hydroxyl groups excluding tert-OH is 1. The third-order valence-corrected chi connectivity index (χ3v) is 5.16. The molecule has 0 spiro atoms. The van der Waals surface area contributed by atoms with E-state index in [1.807, 2.05) is 54.6 Å². The predicted molar refractivity (Wildman–Crippen MR) is 119 cm³/mol. The molecule has 168 valence electrons. The minimum Gasteiger partial charge on any atom is -0.480 e. The molecule has 0 aliphatic rings. The van der Waals surface area contributed by atoms with Gasteiger partial charge in [0.25, 0.3) is 0 Å². The number of rotatable bonds is 10. The van der Waals surface area contributed by atoms with Gasteiger partial charge in [-0.1, -0.05) is 48.5 Å². The number of carboxylic acid groups (broad SMARTS) is 1. The quantitative estimate of drug-likeness (QED) is 0.268. The minimum atomic E-state index is -1.48. The van der Waals surface area contributed by atoms with E-state index < -0.39 is 42.5 Å². The van der Waals surface area contributed by atoms with Crippen LogP contribution in [0.25, 0.3) is 10.9 Å². The van der Waals surface area contributed by atoms with Gasteiger partial charge in [-0.25, -0.2) is 4.79 Å². The molecule has 1 aromatic heterocycles. The number of carbonyl (C=O) groups is 3. The van der Waals surface area contributed by atoms with Gasteiger partial charge in [-0.15, -0.1) is 0 Å². The van der Waals surface area contributed by atoms with E-state index in [0.29, 0.717) is 0 Å². The van der Waals surface area contributed by atoms with Crippen molar-refractivity contribution in [1.82, 2.24) is 15.6 Å². The van der Waals surface area contributed by atoms with Crippen molar-refractivity contribution in [3.8, 4) is 0 Å². The summed E-state index contributed by atoms with van der Waals surface area (Å²) in [6.45, 7) is -0.775. The van der Waals surface area contributed by atoms with Crippen LogP contribution in [0.5, 0.6) is 0 Å². The van der Waals surface area contributed by atoms with Crippen molar-refractivity contribution >= 4 is 28.7 Å². The molecule has 0 aliphatic carbocycles. The molecule has 2 aromatic carbocycles. The van der Waals surface area contributed by atoms with Gasteiger partial charge in [0.15, 0.2) is 0 Å². The van der Waals surface area contributed by atoms with Crippen molar-refractivity contribution in [3.05, 3.63) is 71.9 Å². The second-order valence-electron chi connectivity index (χ2n) is 7.50. The number of para-hydroxylation sites is 1. The number of aromatic amines is 1. The smallest absolute Gasteiger partial charge is 0.328 e. The summed E-state index contributed by atoms with van der Waals surface area (Å²) in [4.78, 5) is 39.9. The summed E-state index contributed by atoms with van der Waals surface area (Å²) in [5.41, 5.74) is 8.57. The molecule has 3 atom stereocenters. The maximum atomic E-state index is 12.8. The summed E-state index contributed by atoms with van der Waals surface area (Å²) in [7, 11) is 0. The van der Waals surface area contributed by atoms with E-state index in [-0.39, 0.29) is 12.8 Å². The Labute approximate surface area is 184 Å². The zero-order valence-corrected chi connectivity index (χ0v) is 17.3. The SMILES string of the molecule is N[C@@H](Cc1ccccc1)C(=O)N[C@@H](Cc1c[nH]c2ccccc12)C(=O)N[C@@H](CO)C(=O)O. The van der Waals surface area contributed by atoms with Gasteiger partial charge in [0.1, 0.15) is 12.1 Å². The van der Waals surface area contributed by atoms with Crippen molar-refractivity contribution in [2.45, 2.75) is 31.0 Å². The monoisotopic (exact) mass is 438 g/mol. The van der Waals surface area contributed by atoms with Gasteiger partial charge in [0.05, 0.1) is 12.6 Å². The van der Waals surface area contributed by atoms with E-state index in [1.165, 1.54) is 0 Å². The first kappa shape index (κ1) is 23.0. The molecule has 3 aromatic rings. The second kappa shape index (κ2) is 10.6. The van der Waals surface area contributed by atoms with Crippen LogP contribution in [0.2, 0.25) is 0 Å². The maximum absolute atomic E-state index is 12.8. The Kier molecular flexibility index (Phi) is 7.58. The molecule has 0 saturated heterocycles. The first-order valence-electron chi connectivity index (χ1n) is 10.2. The Morgan fingerprint density at radius 1 is 0.906 bits per heavy atom. The number of aromatic nitrogens is 1.